The van der Waals surface area contributed by atoms with E-state index in [2.05, 4.69) is 4.99 Å². The molecule has 0 bridgehead atoms. The first-order valence-corrected chi connectivity index (χ1v) is 6.07. The normalized spacial score (nSPS) is 17.3. The lowest BCUT2D eigenvalue weighted by molar-refractivity contribution is 0.982. The van der Waals surface area contributed by atoms with Crippen LogP contribution >= 0.6 is 11.6 Å². The second kappa shape index (κ2) is 5.34. The van der Waals surface area contributed by atoms with E-state index in [1.54, 1.807) is 6.07 Å². The zero-order chi connectivity index (χ0) is 12.3. The smallest absolute Gasteiger partial charge is 0.0648 e. The third kappa shape index (κ3) is 3.58. The lowest BCUT2D eigenvalue weighted by Crippen LogP contribution is -2.14. The predicted octanol–water partition coefficient (Wildman–Crippen LogP) is 2.62. The molecule has 1 aliphatic carbocycles. The minimum atomic E-state index is 0.375. The largest absolute Gasteiger partial charge is 0.402 e. The summed E-state index contributed by atoms with van der Waals surface area (Å²) in [6, 6.07) is 7.38. The number of aliphatic imine (C=N–C) groups is 1. The maximum atomic E-state index is 5.94. The summed E-state index contributed by atoms with van der Waals surface area (Å²) in [4.78, 5) is 4.44. The summed E-state index contributed by atoms with van der Waals surface area (Å²) in [6.45, 7) is 0.375. The summed E-state index contributed by atoms with van der Waals surface area (Å²) >= 11 is 5.90. The summed E-state index contributed by atoms with van der Waals surface area (Å²) in [6.07, 6.45) is 4.24. The first-order valence-electron chi connectivity index (χ1n) is 5.69. The SMILES string of the molecule is NCC(C=C(N)C1CC1)=Nc1cccc(Cl)c1. The highest BCUT2D eigenvalue weighted by molar-refractivity contribution is 6.30. The van der Waals surface area contributed by atoms with Crippen LogP contribution in [0.25, 0.3) is 0 Å². The molecule has 90 valence electrons. The van der Waals surface area contributed by atoms with Gasteiger partial charge in [0.1, 0.15) is 0 Å². The number of rotatable bonds is 4. The van der Waals surface area contributed by atoms with E-state index in [9.17, 15) is 0 Å². The lowest BCUT2D eigenvalue weighted by atomic mass is 10.2. The van der Waals surface area contributed by atoms with Crippen molar-refractivity contribution < 1.29 is 0 Å². The van der Waals surface area contributed by atoms with Crippen LogP contribution in [-0.4, -0.2) is 12.3 Å². The van der Waals surface area contributed by atoms with Crippen molar-refractivity contribution in [1.82, 2.24) is 0 Å². The van der Waals surface area contributed by atoms with Gasteiger partial charge in [0.05, 0.1) is 11.4 Å². The van der Waals surface area contributed by atoms with Gasteiger partial charge in [0.2, 0.25) is 0 Å². The van der Waals surface area contributed by atoms with Gasteiger partial charge in [-0.25, -0.2) is 0 Å². The molecule has 1 aromatic rings. The molecule has 1 aromatic carbocycles. The zero-order valence-electron chi connectivity index (χ0n) is 9.57. The maximum Gasteiger partial charge on any atom is 0.0648 e. The molecule has 1 fully saturated rings. The molecule has 1 aliphatic rings. The number of nitrogens with two attached hydrogens (primary N) is 2. The molecule has 3 nitrogen and oxygen atoms in total. The van der Waals surface area contributed by atoms with E-state index in [1.165, 1.54) is 12.8 Å². The summed E-state index contributed by atoms with van der Waals surface area (Å²) in [7, 11) is 0. The Morgan fingerprint density at radius 1 is 1.47 bits per heavy atom. The first kappa shape index (κ1) is 12.1. The minimum Gasteiger partial charge on any atom is -0.402 e. The van der Waals surface area contributed by atoms with Crippen molar-refractivity contribution in [2.45, 2.75) is 12.8 Å². The molecule has 4 N–H and O–H groups in total. The first-order chi connectivity index (χ1) is 8.19. The predicted molar refractivity (Wildman–Crippen MR) is 72.6 cm³/mol. The van der Waals surface area contributed by atoms with Gasteiger partial charge in [0.15, 0.2) is 0 Å². The highest BCUT2D eigenvalue weighted by Crippen LogP contribution is 2.33. The third-order valence-electron chi connectivity index (χ3n) is 2.67. The molecule has 0 saturated heterocycles. The lowest BCUT2D eigenvalue weighted by Gasteiger charge is -2.02. The van der Waals surface area contributed by atoms with E-state index in [0.29, 0.717) is 17.5 Å². The van der Waals surface area contributed by atoms with Crippen molar-refractivity contribution in [2.24, 2.45) is 22.4 Å². The van der Waals surface area contributed by atoms with Crippen LogP contribution in [0.15, 0.2) is 41.0 Å². The summed E-state index contributed by atoms with van der Waals surface area (Å²) in [5.41, 5.74) is 14.1. The van der Waals surface area contributed by atoms with Gasteiger partial charge in [-0.15, -0.1) is 0 Å². The van der Waals surface area contributed by atoms with Crippen molar-refractivity contribution in [3.05, 3.63) is 41.1 Å². The van der Waals surface area contributed by atoms with E-state index in [1.807, 2.05) is 24.3 Å². The molecule has 0 aromatic heterocycles. The van der Waals surface area contributed by atoms with Gasteiger partial charge >= 0.3 is 0 Å². The molecule has 0 unspecified atom stereocenters. The van der Waals surface area contributed by atoms with Gasteiger partial charge in [-0.2, -0.15) is 0 Å². The van der Waals surface area contributed by atoms with Gasteiger partial charge < -0.3 is 11.5 Å². The Kier molecular flexibility index (Phi) is 3.82. The molecule has 0 amide bonds. The summed E-state index contributed by atoms with van der Waals surface area (Å²) < 4.78 is 0. The Balaban J connectivity index is 2.19. The Labute approximate surface area is 106 Å². The Morgan fingerprint density at radius 2 is 2.24 bits per heavy atom. The minimum absolute atomic E-state index is 0.375. The number of benzene rings is 1. The van der Waals surface area contributed by atoms with Crippen LogP contribution in [0.3, 0.4) is 0 Å². The quantitative estimate of drug-likeness (QED) is 0.806. The van der Waals surface area contributed by atoms with E-state index >= 15 is 0 Å². The maximum absolute atomic E-state index is 5.94. The van der Waals surface area contributed by atoms with Crippen LogP contribution in [-0.2, 0) is 0 Å². The van der Waals surface area contributed by atoms with Crippen molar-refractivity contribution in [2.75, 3.05) is 6.54 Å². The van der Waals surface area contributed by atoms with Crippen LogP contribution in [0, 0.1) is 5.92 Å². The molecule has 0 radical (unpaired) electrons. The van der Waals surface area contributed by atoms with Crippen molar-refractivity contribution in [3.8, 4) is 0 Å². The Morgan fingerprint density at radius 3 is 2.82 bits per heavy atom. The number of hydrogen-bond acceptors (Lipinski definition) is 3. The van der Waals surface area contributed by atoms with Gasteiger partial charge in [-0.05, 0) is 43.0 Å². The van der Waals surface area contributed by atoms with Gasteiger partial charge in [-0.1, -0.05) is 17.7 Å². The number of allylic oxidation sites excluding steroid dienone is 1. The molecule has 0 atom stereocenters. The molecular weight excluding hydrogens is 234 g/mol. The molecule has 0 aliphatic heterocycles. The van der Waals surface area contributed by atoms with Crippen molar-refractivity contribution in [1.29, 1.82) is 0 Å². The molecule has 2 rings (SSSR count). The average molecular weight is 250 g/mol. The second-order valence-electron chi connectivity index (χ2n) is 4.21. The summed E-state index contributed by atoms with van der Waals surface area (Å²) in [5.74, 6) is 0.533. The fourth-order valence-electron chi connectivity index (χ4n) is 1.58. The molecule has 0 spiro atoms. The van der Waals surface area contributed by atoms with Crippen LogP contribution in [0.1, 0.15) is 12.8 Å². The van der Waals surface area contributed by atoms with E-state index in [0.717, 1.165) is 17.1 Å². The van der Waals surface area contributed by atoms with Crippen molar-refractivity contribution >= 4 is 23.0 Å². The van der Waals surface area contributed by atoms with E-state index in [4.69, 9.17) is 23.1 Å². The topological polar surface area (TPSA) is 64.4 Å². The van der Waals surface area contributed by atoms with Gasteiger partial charge in [0, 0.05) is 17.3 Å². The number of nitrogens with zero attached hydrogens (tertiary/aromatic N) is 1. The van der Waals surface area contributed by atoms with Crippen LogP contribution < -0.4 is 11.5 Å². The van der Waals surface area contributed by atoms with Gasteiger partial charge in [0.25, 0.3) is 0 Å². The molecule has 17 heavy (non-hydrogen) atoms. The fraction of sp³-hybridized carbons (Fsp3) is 0.308. The molecule has 0 heterocycles. The van der Waals surface area contributed by atoms with Crippen LogP contribution in [0.2, 0.25) is 5.02 Å². The van der Waals surface area contributed by atoms with E-state index in [-0.39, 0.29) is 0 Å². The monoisotopic (exact) mass is 249 g/mol. The van der Waals surface area contributed by atoms with Crippen LogP contribution in [0.5, 0.6) is 0 Å². The van der Waals surface area contributed by atoms with Crippen molar-refractivity contribution in [3.63, 3.8) is 0 Å². The number of halogens is 1. The van der Waals surface area contributed by atoms with E-state index < -0.39 is 0 Å². The highest BCUT2D eigenvalue weighted by Gasteiger charge is 2.23. The molecule has 1 saturated carbocycles. The Hall–Kier alpha value is -1.32. The highest BCUT2D eigenvalue weighted by atomic mass is 35.5. The van der Waals surface area contributed by atoms with Crippen LogP contribution in [0.4, 0.5) is 5.69 Å². The molecule has 4 heteroatoms. The molecular formula is C13H16ClN3. The third-order valence-corrected chi connectivity index (χ3v) is 2.91. The zero-order valence-corrected chi connectivity index (χ0v) is 10.3. The van der Waals surface area contributed by atoms with Gasteiger partial charge in [-0.3, -0.25) is 4.99 Å². The standard InChI is InChI=1S/C13H16ClN3/c14-10-2-1-3-11(6-10)17-12(8-15)7-13(16)9-4-5-9/h1-3,6-7,9H,4-5,8,15-16H2. The fourth-order valence-corrected chi connectivity index (χ4v) is 1.76. The summed E-state index contributed by atoms with van der Waals surface area (Å²) in [5, 5.41) is 0.668. The number of hydrogen-bond donors (Lipinski definition) is 2. The average Bonchev–Trinajstić information content (AvgIpc) is 3.12. The second-order valence-corrected chi connectivity index (χ2v) is 4.64. The Bertz CT molecular complexity index is 461.